The lowest BCUT2D eigenvalue weighted by Gasteiger charge is -2.09. The minimum absolute atomic E-state index is 0.266. The van der Waals surface area contributed by atoms with Crippen molar-refractivity contribution in [2.24, 2.45) is 0 Å². The number of allylic oxidation sites excluding steroid dienone is 2. The second kappa shape index (κ2) is 7.69. The lowest BCUT2D eigenvalue weighted by Crippen LogP contribution is -2.01. The molecule has 1 aromatic heterocycles. The fourth-order valence-corrected chi connectivity index (χ4v) is 2.99. The van der Waals surface area contributed by atoms with Crippen molar-refractivity contribution in [2.45, 2.75) is 32.6 Å². The van der Waals surface area contributed by atoms with Gasteiger partial charge in [0.25, 0.3) is 0 Å². The Hall–Kier alpha value is -0.540. The van der Waals surface area contributed by atoms with Crippen molar-refractivity contribution < 1.29 is 4.79 Å². The average Bonchev–Trinajstić information content (AvgIpc) is 2.79. The second-order valence-corrected chi connectivity index (χ2v) is 5.70. The Balaban J connectivity index is 2.55. The molecule has 1 nitrogen and oxygen atoms in total. The van der Waals surface area contributed by atoms with Crippen LogP contribution in [0.1, 0.15) is 37.5 Å². The smallest absolute Gasteiger partial charge is 0.189 e. The van der Waals surface area contributed by atoms with E-state index in [2.05, 4.69) is 24.4 Å². The molecule has 1 heterocycles. The van der Waals surface area contributed by atoms with Crippen LogP contribution in [0.25, 0.3) is 0 Å². The van der Waals surface area contributed by atoms with E-state index in [9.17, 15) is 4.79 Å². The summed E-state index contributed by atoms with van der Waals surface area (Å²) in [7, 11) is 0. The third kappa shape index (κ3) is 4.54. The summed E-state index contributed by atoms with van der Waals surface area (Å²) in [5.74, 6) is 1.20. The second-order valence-electron chi connectivity index (χ2n) is 3.57. The summed E-state index contributed by atoms with van der Waals surface area (Å²) in [4.78, 5) is 13.0. The Morgan fingerprint density at radius 2 is 2.44 bits per heavy atom. The predicted octanol–water partition coefficient (Wildman–Crippen LogP) is 4.47. The molecule has 3 heteroatoms. The largest absolute Gasteiger partial charge is 0.287 e. The highest BCUT2D eigenvalue weighted by Gasteiger charge is 2.14. The number of carbonyl (C=O) groups is 1. The molecule has 0 saturated carbocycles. The van der Waals surface area contributed by atoms with Crippen LogP contribution in [0.2, 0.25) is 0 Å². The van der Waals surface area contributed by atoms with Gasteiger partial charge >= 0.3 is 0 Å². The van der Waals surface area contributed by atoms with Crippen LogP contribution in [0.3, 0.4) is 0 Å². The first-order valence-corrected chi connectivity index (χ1v) is 7.46. The molecule has 0 saturated heterocycles. The van der Waals surface area contributed by atoms with E-state index in [0.717, 1.165) is 12.2 Å². The van der Waals surface area contributed by atoms with E-state index < -0.39 is 0 Å². The summed E-state index contributed by atoms with van der Waals surface area (Å²) in [5.41, 5.74) is 0. The van der Waals surface area contributed by atoms with Gasteiger partial charge in [-0.25, -0.2) is 0 Å². The summed E-state index contributed by atoms with van der Waals surface area (Å²) in [6.07, 6.45) is 5.83. The number of hydrogen-bond acceptors (Lipinski definition) is 3. The molecule has 16 heavy (non-hydrogen) atoms. The molecule has 0 N–H and O–H groups in total. The van der Waals surface area contributed by atoms with E-state index in [4.69, 9.17) is 0 Å². The van der Waals surface area contributed by atoms with E-state index in [1.54, 1.807) is 11.3 Å². The average molecular weight is 254 g/mol. The number of thiophene rings is 1. The molecule has 0 fully saturated rings. The first-order chi connectivity index (χ1) is 7.77. The van der Waals surface area contributed by atoms with Crippen molar-refractivity contribution in [1.82, 2.24) is 0 Å². The molecule has 0 aliphatic carbocycles. The number of rotatable bonds is 6. The molecular formula is C13H18OS2. The van der Waals surface area contributed by atoms with Gasteiger partial charge in [0, 0.05) is 23.0 Å². The highest BCUT2D eigenvalue weighted by atomic mass is 32.2. The fraction of sp³-hybridized carbons (Fsp3) is 0.462. The van der Waals surface area contributed by atoms with Crippen LogP contribution < -0.4 is 0 Å². The lowest BCUT2D eigenvalue weighted by atomic mass is 10.0. The van der Waals surface area contributed by atoms with Crippen LogP contribution >= 0.6 is 23.1 Å². The molecule has 88 valence electrons. The monoisotopic (exact) mass is 254 g/mol. The first-order valence-electron chi connectivity index (χ1n) is 5.59. The third-order valence-corrected chi connectivity index (χ3v) is 4.29. The van der Waals surface area contributed by atoms with Crippen LogP contribution in [0, 0.1) is 0 Å². The maximum absolute atomic E-state index is 11.7. The Morgan fingerprint density at radius 3 is 3.00 bits per heavy atom. The Bertz CT molecular complexity index is 328. The van der Waals surface area contributed by atoms with Crippen LogP contribution in [0.5, 0.6) is 0 Å². The zero-order chi connectivity index (χ0) is 11.8. The molecule has 1 unspecified atom stereocenters. The number of hydrogen-bond donors (Lipinski definition) is 0. The summed E-state index contributed by atoms with van der Waals surface area (Å²) < 4.78 is 0. The zero-order valence-corrected chi connectivity index (χ0v) is 11.4. The number of carbonyl (C=O) groups excluding carboxylic acids is 1. The van der Waals surface area contributed by atoms with Crippen molar-refractivity contribution in [3.63, 3.8) is 0 Å². The van der Waals surface area contributed by atoms with Crippen molar-refractivity contribution in [3.05, 3.63) is 34.5 Å². The number of thioether (sulfide) groups is 1. The van der Waals surface area contributed by atoms with Gasteiger partial charge in [-0.3, -0.25) is 4.79 Å². The van der Waals surface area contributed by atoms with Crippen LogP contribution in [0.4, 0.5) is 0 Å². The molecule has 0 bridgehead atoms. The van der Waals surface area contributed by atoms with Crippen molar-refractivity contribution in [1.29, 1.82) is 0 Å². The van der Waals surface area contributed by atoms with Crippen molar-refractivity contribution in [2.75, 3.05) is 5.75 Å². The Labute approximate surface area is 106 Å². The Kier molecular flexibility index (Phi) is 6.50. The quantitative estimate of drug-likeness (QED) is 0.697. The molecule has 0 aliphatic rings. The summed E-state index contributed by atoms with van der Waals surface area (Å²) in [5, 5.41) is 2.37. The van der Waals surface area contributed by atoms with Crippen molar-refractivity contribution in [3.8, 4) is 0 Å². The van der Waals surface area contributed by atoms with Gasteiger partial charge in [-0.1, -0.05) is 36.9 Å². The van der Waals surface area contributed by atoms with Crippen LogP contribution in [-0.4, -0.2) is 10.9 Å². The topological polar surface area (TPSA) is 17.1 Å². The third-order valence-electron chi connectivity index (χ3n) is 2.19. The normalized spacial score (nSPS) is 13.1. The maximum Gasteiger partial charge on any atom is 0.189 e. The SMILES string of the molecule is C/C=C/C(CC(=O)SCCC)c1cccs1. The van der Waals surface area contributed by atoms with Gasteiger partial charge in [-0.15, -0.1) is 11.3 Å². The molecular weight excluding hydrogens is 236 g/mol. The molecule has 0 amide bonds. The molecule has 0 radical (unpaired) electrons. The van der Waals surface area contributed by atoms with Crippen LogP contribution in [0.15, 0.2) is 29.7 Å². The minimum Gasteiger partial charge on any atom is -0.287 e. The lowest BCUT2D eigenvalue weighted by molar-refractivity contribution is -0.111. The van der Waals surface area contributed by atoms with E-state index in [1.807, 2.05) is 19.1 Å². The van der Waals surface area contributed by atoms with Crippen LogP contribution in [-0.2, 0) is 4.79 Å². The highest BCUT2D eigenvalue weighted by Crippen LogP contribution is 2.28. The summed E-state index contributed by atoms with van der Waals surface area (Å²) in [6.45, 7) is 4.10. The van der Waals surface area contributed by atoms with E-state index >= 15 is 0 Å². The zero-order valence-electron chi connectivity index (χ0n) is 9.81. The van der Waals surface area contributed by atoms with Gasteiger partial charge in [-0.2, -0.15) is 0 Å². The summed E-state index contributed by atoms with van der Waals surface area (Å²) >= 11 is 3.18. The van der Waals surface area contributed by atoms with E-state index in [1.165, 1.54) is 16.6 Å². The van der Waals surface area contributed by atoms with Gasteiger partial charge in [-0.05, 0) is 24.8 Å². The van der Waals surface area contributed by atoms with E-state index in [0.29, 0.717) is 11.5 Å². The maximum atomic E-state index is 11.7. The predicted molar refractivity (Wildman–Crippen MR) is 74.2 cm³/mol. The van der Waals surface area contributed by atoms with Crippen molar-refractivity contribution >= 4 is 28.2 Å². The van der Waals surface area contributed by atoms with E-state index in [-0.39, 0.29) is 5.92 Å². The van der Waals surface area contributed by atoms with Gasteiger partial charge in [0.05, 0.1) is 0 Å². The fourth-order valence-electron chi connectivity index (χ4n) is 1.45. The summed E-state index contributed by atoms with van der Waals surface area (Å²) in [6, 6.07) is 4.15. The molecule has 1 atom stereocenters. The standard InChI is InChI=1S/C13H18OS2/c1-3-6-11(12-7-5-9-15-12)10-13(14)16-8-4-2/h3,5-7,9,11H,4,8,10H2,1-2H3/b6-3+. The molecule has 1 rings (SSSR count). The Morgan fingerprint density at radius 1 is 1.62 bits per heavy atom. The molecule has 0 aromatic carbocycles. The minimum atomic E-state index is 0.266. The van der Waals surface area contributed by atoms with Gasteiger partial charge < -0.3 is 0 Å². The molecule has 1 aromatic rings. The first kappa shape index (κ1) is 13.5. The van der Waals surface area contributed by atoms with Gasteiger partial charge in [0.2, 0.25) is 0 Å². The van der Waals surface area contributed by atoms with Gasteiger partial charge in [0.1, 0.15) is 0 Å². The van der Waals surface area contributed by atoms with Gasteiger partial charge in [0.15, 0.2) is 5.12 Å². The highest BCUT2D eigenvalue weighted by molar-refractivity contribution is 8.13. The molecule has 0 spiro atoms. The molecule has 0 aliphatic heterocycles.